The summed E-state index contributed by atoms with van der Waals surface area (Å²) in [7, 11) is 0. The highest BCUT2D eigenvalue weighted by atomic mass is 19.4. The lowest BCUT2D eigenvalue weighted by Gasteiger charge is -2.36. The zero-order valence-corrected chi connectivity index (χ0v) is 10.5. The number of nitrogens with zero attached hydrogens (tertiary/aromatic N) is 1. The SMILES string of the molecule is Nc1c(F)ccc([C@H](N2CCNCC2)C(F)(F)F)c1O. The van der Waals surface area contributed by atoms with E-state index < -0.39 is 35.0 Å². The molecule has 112 valence electrons. The molecule has 0 bridgehead atoms. The summed E-state index contributed by atoms with van der Waals surface area (Å²) in [4.78, 5) is 1.20. The van der Waals surface area contributed by atoms with Gasteiger partial charge in [0.05, 0.1) is 0 Å². The minimum atomic E-state index is -4.58. The second kappa shape index (κ2) is 5.45. The maximum Gasteiger partial charge on any atom is 0.408 e. The molecule has 1 atom stereocenters. The van der Waals surface area contributed by atoms with E-state index in [0.29, 0.717) is 13.1 Å². The molecular formula is C12H15F4N3O. The van der Waals surface area contributed by atoms with Gasteiger partial charge in [-0.15, -0.1) is 0 Å². The van der Waals surface area contributed by atoms with Gasteiger partial charge >= 0.3 is 6.18 Å². The van der Waals surface area contributed by atoms with Crippen LogP contribution in [0.15, 0.2) is 12.1 Å². The van der Waals surface area contributed by atoms with Crippen molar-refractivity contribution in [1.29, 1.82) is 0 Å². The minimum Gasteiger partial charge on any atom is -0.505 e. The summed E-state index contributed by atoms with van der Waals surface area (Å²) in [6.07, 6.45) is -4.58. The third-order valence-electron chi connectivity index (χ3n) is 3.32. The molecule has 1 aliphatic rings. The molecule has 0 aliphatic carbocycles. The molecule has 4 N–H and O–H groups in total. The Morgan fingerprint density at radius 2 is 1.85 bits per heavy atom. The molecule has 1 aromatic carbocycles. The quantitative estimate of drug-likeness (QED) is 0.440. The highest BCUT2D eigenvalue weighted by molar-refractivity contribution is 5.58. The van der Waals surface area contributed by atoms with Crippen LogP contribution in [0.3, 0.4) is 0 Å². The first-order valence-corrected chi connectivity index (χ1v) is 6.10. The predicted octanol–water partition coefficient (Wildman–Crippen LogP) is 1.62. The van der Waals surface area contributed by atoms with Gasteiger partial charge in [-0.1, -0.05) is 6.07 Å². The van der Waals surface area contributed by atoms with Crippen molar-refractivity contribution in [1.82, 2.24) is 10.2 Å². The van der Waals surface area contributed by atoms with Crippen LogP contribution in [0.2, 0.25) is 0 Å². The van der Waals surface area contributed by atoms with E-state index in [2.05, 4.69) is 5.32 Å². The number of rotatable bonds is 2. The van der Waals surface area contributed by atoms with E-state index in [4.69, 9.17) is 5.73 Å². The maximum atomic E-state index is 13.3. The van der Waals surface area contributed by atoms with E-state index in [0.717, 1.165) is 12.1 Å². The van der Waals surface area contributed by atoms with Gasteiger partial charge in [-0.25, -0.2) is 4.39 Å². The summed E-state index contributed by atoms with van der Waals surface area (Å²) in [5, 5.41) is 12.7. The molecule has 4 nitrogen and oxygen atoms in total. The first-order chi connectivity index (χ1) is 9.32. The Morgan fingerprint density at radius 1 is 1.25 bits per heavy atom. The summed E-state index contributed by atoms with van der Waals surface area (Å²) in [5.74, 6) is -1.78. The molecule has 0 unspecified atom stereocenters. The van der Waals surface area contributed by atoms with Crippen molar-refractivity contribution in [3.63, 3.8) is 0 Å². The third kappa shape index (κ3) is 2.80. The fraction of sp³-hybridized carbons (Fsp3) is 0.500. The topological polar surface area (TPSA) is 61.5 Å². The zero-order valence-electron chi connectivity index (χ0n) is 10.5. The molecule has 1 aromatic rings. The lowest BCUT2D eigenvalue weighted by atomic mass is 10.0. The molecular weight excluding hydrogens is 278 g/mol. The number of hydrogen-bond acceptors (Lipinski definition) is 4. The second-order valence-corrected chi connectivity index (χ2v) is 4.63. The van der Waals surface area contributed by atoms with Gasteiger partial charge < -0.3 is 16.2 Å². The fourth-order valence-electron chi connectivity index (χ4n) is 2.34. The normalized spacial score (nSPS) is 19.0. The van der Waals surface area contributed by atoms with Crippen molar-refractivity contribution in [3.8, 4) is 5.75 Å². The molecule has 0 saturated carbocycles. The standard InChI is InChI=1S/C12H15F4N3O/c13-8-2-1-7(10(20)9(8)17)11(12(14,15)16)19-5-3-18-4-6-19/h1-2,11,18,20H,3-6,17H2/t11-/m0/s1. The summed E-state index contributed by atoms with van der Waals surface area (Å²) < 4.78 is 53.1. The highest BCUT2D eigenvalue weighted by Crippen LogP contribution is 2.43. The zero-order chi connectivity index (χ0) is 14.9. The van der Waals surface area contributed by atoms with Crippen LogP contribution < -0.4 is 11.1 Å². The van der Waals surface area contributed by atoms with Crippen molar-refractivity contribution < 1.29 is 22.7 Å². The van der Waals surface area contributed by atoms with E-state index in [1.54, 1.807) is 0 Å². The van der Waals surface area contributed by atoms with Crippen molar-refractivity contribution in [2.45, 2.75) is 12.2 Å². The molecule has 0 amide bonds. The minimum absolute atomic E-state index is 0.181. The molecule has 1 fully saturated rings. The molecule has 1 heterocycles. The molecule has 2 rings (SSSR count). The Morgan fingerprint density at radius 3 is 2.40 bits per heavy atom. The Bertz CT molecular complexity index is 486. The van der Waals surface area contributed by atoms with Crippen molar-refractivity contribution in [3.05, 3.63) is 23.5 Å². The summed E-state index contributed by atoms with van der Waals surface area (Å²) in [6.45, 7) is 1.20. The predicted molar refractivity (Wildman–Crippen MR) is 65.7 cm³/mol. The fourth-order valence-corrected chi connectivity index (χ4v) is 2.34. The van der Waals surface area contributed by atoms with Crippen molar-refractivity contribution >= 4 is 5.69 Å². The molecule has 8 heteroatoms. The van der Waals surface area contributed by atoms with Gasteiger partial charge in [0.15, 0.2) is 0 Å². The number of nitrogens with one attached hydrogen (secondary N) is 1. The van der Waals surface area contributed by atoms with Crippen LogP contribution in [-0.4, -0.2) is 42.4 Å². The van der Waals surface area contributed by atoms with Gasteiger partial charge in [0.1, 0.15) is 23.3 Å². The Labute approximate surface area is 113 Å². The number of anilines is 1. The van der Waals surface area contributed by atoms with E-state index in [9.17, 15) is 22.7 Å². The first-order valence-electron chi connectivity index (χ1n) is 6.10. The first kappa shape index (κ1) is 14.9. The second-order valence-electron chi connectivity index (χ2n) is 4.63. The monoisotopic (exact) mass is 293 g/mol. The number of nitrogens with two attached hydrogens (primary N) is 1. The van der Waals surface area contributed by atoms with Crippen LogP contribution >= 0.6 is 0 Å². The van der Waals surface area contributed by atoms with Gasteiger partial charge in [0.25, 0.3) is 0 Å². The summed E-state index contributed by atoms with van der Waals surface area (Å²) in [6, 6.07) is -0.223. The largest absolute Gasteiger partial charge is 0.505 e. The number of alkyl halides is 3. The molecule has 0 radical (unpaired) electrons. The smallest absolute Gasteiger partial charge is 0.408 e. The van der Waals surface area contributed by atoms with Gasteiger partial charge in [-0.05, 0) is 6.07 Å². The lowest BCUT2D eigenvalue weighted by Crippen LogP contribution is -2.49. The van der Waals surface area contributed by atoms with Gasteiger partial charge in [0, 0.05) is 31.7 Å². The van der Waals surface area contributed by atoms with Crippen LogP contribution in [0.4, 0.5) is 23.2 Å². The molecule has 0 spiro atoms. The number of phenolic OH excluding ortho intramolecular Hbond substituents is 1. The lowest BCUT2D eigenvalue weighted by molar-refractivity contribution is -0.188. The number of aromatic hydroxyl groups is 1. The molecule has 20 heavy (non-hydrogen) atoms. The summed E-state index contributed by atoms with van der Waals surface area (Å²) in [5.41, 5.74) is 4.19. The van der Waals surface area contributed by atoms with Gasteiger partial charge in [-0.3, -0.25) is 4.90 Å². The van der Waals surface area contributed by atoms with Crippen LogP contribution in [0.25, 0.3) is 0 Å². The number of benzene rings is 1. The van der Waals surface area contributed by atoms with Crippen LogP contribution in [-0.2, 0) is 0 Å². The van der Waals surface area contributed by atoms with E-state index >= 15 is 0 Å². The average molecular weight is 293 g/mol. The van der Waals surface area contributed by atoms with Crippen LogP contribution in [0.5, 0.6) is 5.75 Å². The van der Waals surface area contributed by atoms with Crippen molar-refractivity contribution in [2.24, 2.45) is 0 Å². The molecule has 1 aliphatic heterocycles. The van der Waals surface area contributed by atoms with Gasteiger partial charge in [-0.2, -0.15) is 13.2 Å². The van der Waals surface area contributed by atoms with Crippen LogP contribution in [0.1, 0.15) is 11.6 Å². The molecule has 1 saturated heterocycles. The average Bonchev–Trinajstić information content (AvgIpc) is 2.39. The Balaban J connectivity index is 2.44. The van der Waals surface area contributed by atoms with E-state index in [1.165, 1.54) is 4.90 Å². The number of hydrogen-bond donors (Lipinski definition) is 3. The summed E-state index contributed by atoms with van der Waals surface area (Å²) >= 11 is 0. The number of halogens is 4. The maximum absolute atomic E-state index is 13.3. The van der Waals surface area contributed by atoms with E-state index in [1.807, 2.05) is 0 Å². The van der Waals surface area contributed by atoms with Crippen molar-refractivity contribution in [2.75, 3.05) is 31.9 Å². The Kier molecular flexibility index (Phi) is 4.05. The molecule has 0 aromatic heterocycles. The van der Waals surface area contributed by atoms with Crippen LogP contribution in [0, 0.1) is 5.82 Å². The highest BCUT2D eigenvalue weighted by Gasteiger charge is 2.46. The van der Waals surface area contributed by atoms with E-state index in [-0.39, 0.29) is 13.1 Å². The number of nitrogen functional groups attached to an aromatic ring is 1. The van der Waals surface area contributed by atoms with Gasteiger partial charge in [0.2, 0.25) is 0 Å². The Hall–Kier alpha value is -1.54. The number of phenols is 1. The third-order valence-corrected chi connectivity index (χ3v) is 3.32. The number of piperazine rings is 1.